The number of aryl methyl sites for hydroxylation is 2. The van der Waals surface area contributed by atoms with Crippen LogP contribution in [-0.4, -0.2) is 21.2 Å². The van der Waals surface area contributed by atoms with E-state index in [1.54, 1.807) is 20.4 Å². The molecule has 0 radical (unpaired) electrons. The predicted octanol–water partition coefficient (Wildman–Crippen LogP) is 1.69. The second kappa shape index (κ2) is 5.84. The quantitative estimate of drug-likeness (QED) is 0.792. The van der Waals surface area contributed by atoms with E-state index in [4.69, 9.17) is 4.74 Å². The molecular weight excluding hydrogens is 308 g/mol. The van der Waals surface area contributed by atoms with Gasteiger partial charge in [0.2, 0.25) is 0 Å². The summed E-state index contributed by atoms with van der Waals surface area (Å²) < 4.78 is 7.79. The molecule has 0 atom stereocenters. The Balaban J connectivity index is 2.34. The minimum Gasteiger partial charge on any atom is -0.495 e. The Morgan fingerprint density at radius 3 is 2.54 bits per heavy atom. The lowest BCUT2D eigenvalue weighted by Gasteiger charge is -2.16. The van der Waals surface area contributed by atoms with Crippen molar-refractivity contribution in [2.24, 2.45) is 14.1 Å². The van der Waals surface area contributed by atoms with Crippen LogP contribution in [0.4, 0.5) is 11.4 Å². The van der Waals surface area contributed by atoms with E-state index in [9.17, 15) is 9.59 Å². The monoisotopic (exact) mass is 326 g/mol. The molecule has 0 bridgehead atoms. The number of para-hydroxylation sites is 2. The number of anilines is 2. The van der Waals surface area contributed by atoms with Gasteiger partial charge < -0.3 is 10.1 Å². The Hall–Kier alpha value is -3.09. The second-order valence-corrected chi connectivity index (χ2v) is 5.55. The highest BCUT2D eigenvalue weighted by atomic mass is 16.5. The minimum absolute atomic E-state index is 0.339. The number of nitrogens with zero attached hydrogens (tertiary/aromatic N) is 3. The van der Waals surface area contributed by atoms with Gasteiger partial charge in [0.05, 0.1) is 18.5 Å². The van der Waals surface area contributed by atoms with Crippen LogP contribution < -0.4 is 21.3 Å². The van der Waals surface area contributed by atoms with Crippen molar-refractivity contribution in [1.29, 1.82) is 0 Å². The van der Waals surface area contributed by atoms with Crippen molar-refractivity contribution < 1.29 is 4.74 Å². The van der Waals surface area contributed by atoms with Gasteiger partial charge in [-0.15, -0.1) is 0 Å². The third-order valence-corrected chi connectivity index (χ3v) is 4.03. The van der Waals surface area contributed by atoms with Crippen molar-refractivity contribution in [2.45, 2.75) is 6.92 Å². The summed E-state index contributed by atoms with van der Waals surface area (Å²) in [5, 5.41) is 3.62. The topological polar surface area (TPSA) is 78.2 Å². The van der Waals surface area contributed by atoms with Gasteiger partial charge in [0.25, 0.3) is 5.56 Å². The molecule has 2 aromatic heterocycles. The maximum absolute atomic E-state index is 12.7. The number of methoxy groups -OCH3 is 1. The van der Waals surface area contributed by atoms with E-state index in [2.05, 4.69) is 10.3 Å². The van der Waals surface area contributed by atoms with Gasteiger partial charge in [-0.3, -0.25) is 13.9 Å². The maximum Gasteiger partial charge on any atom is 0.332 e. The number of fused-ring (bicyclic) bond motifs is 1. The zero-order valence-electron chi connectivity index (χ0n) is 14.0. The molecular formula is C17H18N4O3. The maximum atomic E-state index is 12.7. The van der Waals surface area contributed by atoms with Crippen molar-refractivity contribution in [3.63, 3.8) is 0 Å². The molecule has 2 heterocycles. The lowest BCUT2D eigenvalue weighted by Crippen LogP contribution is -2.37. The molecule has 0 aliphatic rings. The normalized spacial score (nSPS) is 10.8. The molecule has 0 amide bonds. The third-order valence-electron chi connectivity index (χ3n) is 4.03. The van der Waals surface area contributed by atoms with Gasteiger partial charge in [-0.25, -0.2) is 9.78 Å². The highest BCUT2D eigenvalue weighted by molar-refractivity contribution is 5.92. The zero-order valence-corrected chi connectivity index (χ0v) is 14.0. The van der Waals surface area contributed by atoms with Crippen LogP contribution in [0.5, 0.6) is 5.75 Å². The molecule has 7 nitrogen and oxygen atoms in total. The van der Waals surface area contributed by atoms with E-state index < -0.39 is 5.69 Å². The standard InChI is InChI=1S/C17H18N4O3/c1-10-9-18-15-13(16(22)21(3)17(23)20(15)2)14(10)19-11-7-5-6-8-12(11)24-4/h5-9H,1-4H3,(H,18,19). The van der Waals surface area contributed by atoms with E-state index in [0.717, 1.165) is 15.8 Å². The highest BCUT2D eigenvalue weighted by Crippen LogP contribution is 2.31. The molecule has 1 N–H and O–H groups in total. The first-order valence-corrected chi connectivity index (χ1v) is 7.41. The van der Waals surface area contributed by atoms with Crippen LogP contribution in [0.2, 0.25) is 0 Å². The van der Waals surface area contributed by atoms with Crippen LogP contribution in [0.3, 0.4) is 0 Å². The summed E-state index contributed by atoms with van der Waals surface area (Å²) in [7, 11) is 4.64. The van der Waals surface area contributed by atoms with E-state index in [-0.39, 0.29) is 5.56 Å². The Morgan fingerprint density at radius 1 is 1.12 bits per heavy atom. The first-order chi connectivity index (χ1) is 11.5. The van der Waals surface area contributed by atoms with Gasteiger partial charge in [-0.2, -0.15) is 0 Å². The van der Waals surface area contributed by atoms with Gasteiger partial charge in [0.15, 0.2) is 5.65 Å². The lowest BCUT2D eigenvalue weighted by atomic mass is 10.1. The molecule has 0 fully saturated rings. The van der Waals surface area contributed by atoms with Gasteiger partial charge in [-0.05, 0) is 24.6 Å². The number of rotatable bonds is 3. The molecule has 3 rings (SSSR count). The first-order valence-electron chi connectivity index (χ1n) is 7.41. The van der Waals surface area contributed by atoms with Crippen LogP contribution in [0.15, 0.2) is 40.1 Å². The van der Waals surface area contributed by atoms with Crippen LogP contribution in [0.25, 0.3) is 11.0 Å². The zero-order chi connectivity index (χ0) is 17.4. The van der Waals surface area contributed by atoms with E-state index in [1.165, 1.54) is 11.6 Å². The number of benzene rings is 1. The van der Waals surface area contributed by atoms with Gasteiger partial charge in [-0.1, -0.05) is 12.1 Å². The van der Waals surface area contributed by atoms with E-state index in [0.29, 0.717) is 22.5 Å². The summed E-state index contributed by atoms with van der Waals surface area (Å²) >= 11 is 0. The second-order valence-electron chi connectivity index (χ2n) is 5.55. The Kier molecular flexibility index (Phi) is 3.84. The molecule has 3 aromatic rings. The summed E-state index contributed by atoms with van der Waals surface area (Å²) in [5.74, 6) is 0.656. The third kappa shape index (κ3) is 2.34. The van der Waals surface area contributed by atoms with Crippen LogP contribution in [-0.2, 0) is 14.1 Å². The molecule has 24 heavy (non-hydrogen) atoms. The fourth-order valence-electron chi connectivity index (χ4n) is 2.67. The number of hydrogen-bond acceptors (Lipinski definition) is 5. The summed E-state index contributed by atoms with van der Waals surface area (Å²) in [6.45, 7) is 1.86. The summed E-state index contributed by atoms with van der Waals surface area (Å²) in [6, 6.07) is 7.42. The van der Waals surface area contributed by atoms with Crippen molar-refractivity contribution in [2.75, 3.05) is 12.4 Å². The number of pyridine rings is 1. The molecule has 1 aromatic carbocycles. The lowest BCUT2D eigenvalue weighted by molar-refractivity contribution is 0.417. The Morgan fingerprint density at radius 2 is 1.83 bits per heavy atom. The van der Waals surface area contributed by atoms with Gasteiger partial charge in [0, 0.05) is 20.3 Å². The number of nitrogens with one attached hydrogen (secondary N) is 1. The molecule has 0 aliphatic heterocycles. The first kappa shape index (κ1) is 15.8. The van der Waals surface area contributed by atoms with Crippen molar-refractivity contribution >= 4 is 22.4 Å². The molecule has 0 saturated carbocycles. The highest BCUT2D eigenvalue weighted by Gasteiger charge is 2.16. The summed E-state index contributed by atoms with van der Waals surface area (Å²) in [5.41, 5.74) is 1.68. The minimum atomic E-state index is -0.410. The molecule has 0 aliphatic carbocycles. The fourth-order valence-corrected chi connectivity index (χ4v) is 2.67. The Labute approximate surface area is 138 Å². The molecule has 0 saturated heterocycles. The molecule has 0 unspecified atom stereocenters. The molecule has 124 valence electrons. The fraction of sp³-hybridized carbons (Fsp3) is 0.235. The predicted molar refractivity (Wildman–Crippen MR) is 93.2 cm³/mol. The smallest absolute Gasteiger partial charge is 0.332 e. The van der Waals surface area contributed by atoms with Crippen molar-refractivity contribution in [3.05, 3.63) is 56.9 Å². The SMILES string of the molecule is COc1ccccc1Nc1c(C)cnc2c1c(=O)n(C)c(=O)n2C. The number of aromatic nitrogens is 3. The van der Waals surface area contributed by atoms with E-state index in [1.807, 2.05) is 31.2 Å². The Bertz CT molecular complexity index is 1050. The van der Waals surface area contributed by atoms with Crippen molar-refractivity contribution in [3.8, 4) is 5.75 Å². The summed E-state index contributed by atoms with van der Waals surface area (Å²) in [6.07, 6.45) is 1.64. The number of hydrogen-bond donors (Lipinski definition) is 1. The van der Waals surface area contributed by atoms with Crippen LogP contribution in [0, 0.1) is 6.92 Å². The van der Waals surface area contributed by atoms with E-state index >= 15 is 0 Å². The van der Waals surface area contributed by atoms with Crippen LogP contribution in [0.1, 0.15) is 5.56 Å². The molecule has 7 heteroatoms. The average molecular weight is 326 g/mol. The van der Waals surface area contributed by atoms with Gasteiger partial charge in [0.1, 0.15) is 11.1 Å². The van der Waals surface area contributed by atoms with Gasteiger partial charge >= 0.3 is 5.69 Å². The average Bonchev–Trinajstić information content (AvgIpc) is 2.60. The molecule has 0 spiro atoms. The van der Waals surface area contributed by atoms with Crippen LogP contribution >= 0.6 is 0 Å². The van der Waals surface area contributed by atoms with Crippen molar-refractivity contribution in [1.82, 2.24) is 14.1 Å². The summed E-state index contributed by atoms with van der Waals surface area (Å²) in [4.78, 5) is 29.0. The largest absolute Gasteiger partial charge is 0.495 e. The number of ether oxygens (including phenoxy) is 1.